The molecule has 1 fully saturated rings. The van der Waals surface area contributed by atoms with Gasteiger partial charge in [-0.05, 0) is 44.2 Å². The molecule has 7 heteroatoms. The maximum absolute atomic E-state index is 13.9. The lowest BCUT2D eigenvalue weighted by Crippen LogP contribution is -3.27. The van der Waals surface area contributed by atoms with Crippen LogP contribution in [0.4, 0.5) is 4.39 Å². The van der Waals surface area contributed by atoms with Crippen molar-refractivity contribution in [3.05, 3.63) is 65.3 Å². The van der Waals surface area contributed by atoms with Gasteiger partial charge in [0.1, 0.15) is 32.7 Å². The summed E-state index contributed by atoms with van der Waals surface area (Å²) in [6.45, 7) is 9.08. The molecule has 2 heterocycles. The Balaban J connectivity index is 1.34. The first-order valence-corrected chi connectivity index (χ1v) is 10.4. The van der Waals surface area contributed by atoms with E-state index < -0.39 is 0 Å². The molecule has 1 atom stereocenters. The molecule has 2 aromatic carbocycles. The van der Waals surface area contributed by atoms with Crippen LogP contribution in [0.3, 0.4) is 0 Å². The Bertz CT molecular complexity index is 981. The summed E-state index contributed by atoms with van der Waals surface area (Å²) >= 11 is 0. The number of aromatic nitrogens is 2. The van der Waals surface area contributed by atoms with Crippen LogP contribution in [0.5, 0.6) is 5.75 Å². The second-order valence-electron chi connectivity index (χ2n) is 8.09. The van der Waals surface area contributed by atoms with Gasteiger partial charge >= 0.3 is 0 Å². The van der Waals surface area contributed by atoms with Crippen LogP contribution >= 0.6 is 0 Å². The minimum absolute atomic E-state index is 0.150. The summed E-state index contributed by atoms with van der Waals surface area (Å²) < 4.78 is 24.9. The third-order valence-corrected chi connectivity index (χ3v) is 5.99. The van der Waals surface area contributed by atoms with Gasteiger partial charge in [0.2, 0.25) is 5.89 Å². The molecule has 0 bridgehead atoms. The molecule has 158 valence electrons. The van der Waals surface area contributed by atoms with Gasteiger partial charge in [0.15, 0.2) is 17.6 Å². The first-order valence-electron chi connectivity index (χ1n) is 10.4. The molecule has 30 heavy (non-hydrogen) atoms. The average Bonchev–Trinajstić information content (AvgIpc) is 3.25. The summed E-state index contributed by atoms with van der Waals surface area (Å²) in [6, 6.07) is 13.5. The van der Waals surface area contributed by atoms with Crippen molar-refractivity contribution in [1.29, 1.82) is 0 Å². The molecule has 0 aliphatic carbocycles. The van der Waals surface area contributed by atoms with Crippen molar-refractivity contribution in [2.45, 2.75) is 26.4 Å². The summed E-state index contributed by atoms with van der Waals surface area (Å²) in [5.41, 5.74) is 3.15. The molecule has 1 aromatic heterocycles. The van der Waals surface area contributed by atoms with Gasteiger partial charge in [-0.15, -0.1) is 10.2 Å². The Morgan fingerprint density at radius 3 is 2.47 bits per heavy atom. The van der Waals surface area contributed by atoms with Crippen LogP contribution in [-0.4, -0.2) is 43.5 Å². The first-order chi connectivity index (χ1) is 14.5. The Kier molecular flexibility index (Phi) is 6.11. The zero-order chi connectivity index (χ0) is 21.1. The number of piperazine rings is 1. The van der Waals surface area contributed by atoms with E-state index >= 15 is 0 Å². The molecular formula is C23H29FN4O2+2. The highest BCUT2D eigenvalue weighted by Crippen LogP contribution is 2.20. The van der Waals surface area contributed by atoms with E-state index in [1.165, 1.54) is 22.5 Å². The monoisotopic (exact) mass is 412 g/mol. The van der Waals surface area contributed by atoms with Crippen molar-refractivity contribution in [2.75, 3.05) is 33.3 Å². The average molecular weight is 413 g/mol. The van der Waals surface area contributed by atoms with E-state index in [0.717, 1.165) is 43.9 Å². The summed E-state index contributed by atoms with van der Waals surface area (Å²) in [5, 5.41) is 8.55. The number of quaternary nitrogens is 2. The SMILES string of the molecule is COc1ccc(C[NH+]2CC[NH+]([C@@H](C)c3nnc(-c4ccc(C)cc4)o3)CC2)cc1F. The minimum Gasteiger partial charge on any atom is -0.494 e. The van der Waals surface area contributed by atoms with Crippen LogP contribution in [0.25, 0.3) is 11.5 Å². The standard InChI is InChI=1S/C23H27FN4O2/c1-16-4-7-19(8-5-16)23-26-25-22(30-23)17(2)28-12-10-27(11-13-28)15-18-6-9-21(29-3)20(24)14-18/h4-9,14,17H,10-13,15H2,1-3H3/p+2/t17-/m0/s1. The lowest BCUT2D eigenvalue weighted by molar-refractivity contribution is -1.03. The molecule has 6 nitrogen and oxygen atoms in total. The summed E-state index contributed by atoms with van der Waals surface area (Å²) in [7, 11) is 1.49. The normalized spacial score (nSPS) is 20.1. The molecule has 2 N–H and O–H groups in total. The molecule has 0 spiro atoms. The van der Waals surface area contributed by atoms with Gasteiger partial charge in [0, 0.05) is 11.1 Å². The molecule has 1 aliphatic rings. The number of halogens is 1. The van der Waals surface area contributed by atoms with Crippen LogP contribution in [0.15, 0.2) is 46.9 Å². The number of nitrogens with zero attached hydrogens (tertiary/aromatic N) is 2. The Morgan fingerprint density at radius 2 is 1.80 bits per heavy atom. The van der Waals surface area contributed by atoms with Gasteiger partial charge in [-0.25, -0.2) is 4.39 Å². The molecule has 4 rings (SSSR count). The highest BCUT2D eigenvalue weighted by atomic mass is 19.1. The van der Waals surface area contributed by atoms with Gasteiger partial charge in [-0.3, -0.25) is 0 Å². The number of nitrogens with one attached hydrogen (secondary N) is 2. The Labute approximate surface area is 176 Å². The highest BCUT2D eigenvalue weighted by Gasteiger charge is 2.31. The quantitative estimate of drug-likeness (QED) is 0.640. The molecule has 1 saturated heterocycles. The van der Waals surface area contributed by atoms with Crippen molar-refractivity contribution < 1.29 is 23.3 Å². The number of rotatable bonds is 6. The van der Waals surface area contributed by atoms with Crippen molar-refractivity contribution >= 4 is 0 Å². The number of ether oxygens (including phenoxy) is 1. The number of hydrogen-bond donors (Lipinski definition) is 2. The van der Waals surface area contributed by atoms with E-state index in [1.54, 1.807) is 12.1 Å². The van der Waals surface area contributed by atoms with E-state index in [1.807, 2.05) is 30.3 Å². The fraction of sp³-hybridized carbons (Fsp3) is 0.391. The second-order valence-corrected chi connectivity index (χ2v) is 8.09. The molecule has 0 saturated carbocycles. The van der Waals surface area contributed by atoms with Crippen LogP contribution in [-0.2, 0) is 6.54 Å². The molecule has 0 radical (unpaired) electrons. The van der Waals surface area contributed by atoms with E-state index in [4.69, 9.17) is 9.15 Å². The minimum atomic E-state index is -0.298. The van der Waals surface area contributed by atoms with Gasteiger partial charge in [-0.1, -0.05) is 17.7 Å². The zero-order valence-electron chi connectivity index (χ0n) is 17.7. The van der Waals surface area contributed by atoms with E-state index in [-0.39, 0.29) is 11.9 Å². The lowest BCUT2D eigenvalue weighted by atomic mass is 10.1. The van der Waals surface area contributed by atoms with Crippen molar-refractivity contribution in [2.24, 2.45) is 0 Å². The van der Waals surface area contributed by atoms with Gasteiger partial charge < -0.3 is 19.0 Å². The molecular weight excluding hydrogens is 383 g/mol. The molecule has 1 aliphatic heterocycles. The van der Waals surface area contributed by atoms with E-state index in [2.05, 4.69) is 24.0 Å². The summed E-state index contributed by atoms with van der Waals surface area (Å²) in [6.07, 6.45) is 0. The summed E-state index contributed by atoms with van der Waals surface area (Å²) in [5.74, 6) is 1.25. The number of hydrogen-bond acceptors (Lipinski definition) is 4. The Morgan fingerprint density at radius 1 is 1.07 bits per heavy atom. The van der Waals surface area contributed by atoms with Crippen molar-refractivity contribution in [3.8, 4) is 17.2 Å². The van der Waals surface area contributed by atoms with Crippen LogP contribution in [0.1, 0.15) is 30.0 Å². The van der Waals surface area contributed by atoms with Crippen molar-refractivity contribution in [1.82, 2.24) is 10.2 Å². The third kappa shape index (κ3) is 4.52. The molecule has 3 aromatic rings. The Hall–Kier alpha value is -2.77. The van der Waals surface area contributed by atoms with Crippen molar-refractivity contribution in [3.63, 3.8) is 0 Å². The van der Waals surface area contributed by atoms with E-state index in [0.29, 0.717) is 17.5 Å². The largest absolute Gasteiger partial charge is 0.494 e. The topological polar surface area (TPSA) is 57.0 Å². The number of benzene rings is 2. The van der Waals surface area contributed by atoms with Crippen LogP contribution < -0.4 is 14.5 Å². The second kappa shape index (κ2) is 8.93. The smallest absolute Gasteiger partial charge is 0.274 e. The third-order valence-electron chi connectivity index (χ3n) is 5.99. The molecule has 0 amide bonds. The van der Waals surface area contributed by atoms with Crippen LogP contribution in [0, 0.1) is 12.7 Å². The maximum atomic E-state index is 13.9. The fourth-order valence-electron chi connectivity index (χ4n) is 4.04. The lowest BCUT2D eigenvalue weighted by Gasteiger charge is -2.32. The maximum Gasteiger partial charge on any atom is 0.274 e. The highest BCUT2D eigenvalue weighted by molar-refractivity contribution is 5.52. The van der Waals surface area contributed by atoms with Gasteiger partial charge in [-0.2, -0.15) is 0 Å². The predicted molar refractivity (Wildman–Crippen MR) is 111 cm³/mol. The summed E-state index contributed by atoms with van der Waals surface area (Å²) in [4.78, 5) is 2.90. The number of methoxy groups -OCH3 is 1. The number of aryl methyl sites for hydroxylation is 1. The van der Waals surface area contributed by atoms with Gasteiger partial charge in [0.25, 0.3) is 5.89 Å². The predicted octanol–water partition coefficient (Wildman–Crippen LogP) is 1.24. The molecule has 0 unspecified atom stereocenters. The zero-order valence-corrected chi connectivity index (χ0v) is 17.7. The van der Waals surface area contributed by atoms with Crippen LogP contribution in [0.2, 0.25) is 0 Å². The van der Waals surface area contributed by atoms with E-state index in [9.17, 15) is 4.39 Å². The van der Waals surface area contributed by atoms with Gasteiger partial charge in [0.05, 0.1) is 7.11 Å². The first kappa shape index (κ1) is 20.5. The fourth-order valence-corrected chi connectivity index (χ4v) is 4.04.